The minimum Gasteiger partial charge on any atom is -0.355 e. The molecule has 0 aliphatic heterocycles. The summed E-state index contributed by atoms with van der Waals surface area (Å²) in [6.07, 6.45) is 0.938. The average molecular weight is 250 g/mol. The first kappa shape index (κ1) is 14.7. The van der Waals surface area contributed by atoms with Crippen LogP contribution in [-0.4, -0.2) is 30.6 Å². The molecular weight excluding hydrogens is 228 g/mol. The molecule has 1 amide bonds. The lowest BCUT2D eigenvalue weighted by Gasteiger charge is -2.23. The van der Waals surface area contributed by atoms with Gasteiger partial charge in [0.25, 0.3) is 0 Å². The summed E-state index contributed by atoms with van der Waals surface area (Å²) in [4.78, 5) is 17.3. The van der Waals surface area contributed by atoms with E-state index in [-0.39, 0.29) is 11.9 Å². The number of hydrogen-bond acceptors (Lipinski definition) is 3. The van der Waals surface area contributed by atoms with Crippen molar-refractivity contribution in [1.29, 1.82) is 0 Å². The van der Waals surface area contributed by atoms with Crippen molar-refractivity contribution in [3.63, 3.8) is 0 Å². The monoisotopic (exact) mass is 250 g/mol. The molecule has 1 rings (SSSR count). The number of carbonyl (C=O) groups excluding carboxylic acids is 1. The van der Waals surface area contributed by atoms with Crippen LogP contribution in [0.4, 0.5) is 0 Å². The minimum absolute atomic E-state index is 0.00703. The lowest BCUT2D eigenvalue weighted by atomic mass is 10.2. The zero-order valence-corrected chi connectivity index (χ0v) is 11.3. The average Bonchev–Trinajstić information content (AvgIpc) is 2.42. The van der Waals surface area contributed by atoms with Crippen LogP contribution in [0.25, 0.3) is 0 Å². The molecule has 0 unspecified atom stereocenters. The van der Waals surface area contributed by atoms with Gasteiger partial charge in [-0.25, -0.2) is 0 Å². The minimum atomic E-state index is -0.291. The molecule has 1 aromatic rings. The summed E-state index contributed by atoms with van der Waals surface area (Å²) in [6, 6.07) is 9.60. The highest BCUT2D eigenvalue weighted by molar-refractivity contribution is 5.81. The predicted molar refractivity (Wildman–Crippen MR) is 71.8 cm³/mol. The summed E-state index contributed by atoms with van der Waals surface area (Å²) in [5, 5.41) is 4.45. The second kappa shape index (κ2) is 7.84. The van der Waals surface area contributed by atoms with Crippen LogP contribution in [0.1, 0.15) is 25.8 Å². The molecule has 1 N–H and O–H groups in total. The van der Waals surface area contributed by atoms with Gasteiger partial charge in [-0.2, -0.15) is 5.06 Å². The fourth-order valence-electron chi connectivity index (χ4n) is 1.42. The Labute approximate surface area is 109 Å². The Morgan fingerprint density at radius 2 is 2.06 bits per heavy atom. The van der Waals surface area contributed by atoms with Gasteiger partial charge in [-0.15, -0.1) is 0 Å². The van der Waals surface area contributed by atoms with Crippen LogP contribution in [-0.2, 0) is 16.2 Å². The number of nitrogens with zero attached hydrogens (tertiary/aromatic N) is 1. The second-order valence-electron chi connectivity index (χ2n) is 4.27. The first-order valence-corrected chi connectivity index (χ1v) is 6.32. The molecule has 4 heteroatoms. The summed E-state index contributed by atoms with van der Waals surface area (Å²) >= 11 is 0. The molecule has 0 fully saturated rings. The van der Waals surface area contributed by atoms with E-state index in [0.717, 1.165) is 12.0 Å². The Morgan fingerprint density at radius 1 is 1.39 bits per heavy atom. The highest BCUT2D eigenvalue weighted by atomic mass is 16.7. The maximum absolute atomic E-state index is 11.7. The number of carbonyl (C=O) groups is 1. The fraction of sp³-hybridized carbons (Fsp3) is 0.500. The van der Waals surface area contributed by atoms with E-state index in [4.69, 9.17) is 4.84 Å². The van der Waals surface area contributed by atoms with E-state index in [2.05, 4.69) is 5.32 Å². The standard InChI is InChI=1S/C14H22N2O2/c1-4-10-15-14(17)12(2)16(3)18-11-13-8-6-5-7-9-13/h5-9,12H,4,10-11H2,1-3H3,(H,15,17)/t12-/m1/s1. The Kier molecular flexibility index (Phi) is 6.39. The van der Waals surface area contributed by atoms with Crippen LogP contribution in [0, 0.1) is 0 Å². The fourth-order valence-corrected chi connectivity index (χ4v) is 1.42. The van der Waals surface area contributed by atoms with Crippen molar-refractivity contribution >= 4 is 5.91 Å². The third-order valence-electron chi connectivity index (χ3n) is 2.75. The Hall–Kier alpha value is -1.39. The van der Waals surface area contributed by atoms with Gasteiger partial charge in [0.15, 0.2) is 0 Å². The van der Waals surface area contributed by atoms with Crippen molar-refractivity contribution < 1.29 is 9.63 Å². The van der Waals surface area contributed by atoms with Gasteiger partial charge in [-0.05, 0) is 18.9 Å². The number of rotatable bonds is 7. The van der Waals surface area contributed by atoms with Crippen molar-refractivity contribution in [2.45, 2.75) is 32.9 Å². The predicted octanol–water partition coefficient (Wildman–Crippen LogP) is 1.96. The molecule has 0 aliphatic carbocycles. The summed E-state index contributed by atoms with van der Waals surface area (Å²) in [7, 11) is 1.78. The first-order valence-electron chi connectivity index (χ1n) is 6.32. The highest BCUT2D eigenvalue weighted by Crippen LogP contribution is 2.04. The van der Waals surface area contributed by atoms with Crippen LogP contribution < -0.4 is 5.32 Å². The smallest absolute Gasteiger partial charge is 0.239 e. The Morgan fingerprint density at radius 3 is 2.67 bits per heavy atom. The van der Waals surface area contributed by atoms with E-state index in [1.807, 2.05) is 44.2 Å². The third kappa shape index (κ3) is 4.85. The van der Waals surface area contributed by atoms with Crippen molar-refractivity contribution in [3.05, 3.63) is 35.9 Å². The molecule has 0 saturated carbocycles. The molecule has 0 spiro atoms. The molecule has 0 aromatic heterocycles. The molecule has 0 saturated heterocycles. The van der Waals surface area contributed by atoms with E-state index < -0.39 is 0 Å². The van der Waals surface area contributed by atoms with Crippen molar-refractivity contribution in [2.24, 2.45) is 0 Å². The summed E-state index contributed by atoms with van der Waals surface area (Å²) in [5.41, 5.74) is 1.09. The van der Waals surface area contributed by atoms with Crippen molar-refractivity contribution in [2.75, 3.05) is 13.6 Å². The SMILES string of the molecule is CCCNC(=O)[C@@H](C)N(C)OCc1ccccc1. The number of amides is 1. The second-order valence-corrected chi connectivity index (χ2v) is 4.27. The van der Waals surface area contributed by atoms with Crippen molar-refractivity contribution in [1.82, 2.24) is 10.4 Å². The normalized spacial score (nSPS) is 12.4. The van der Waals surface area contributed by atoms with Crippen LogP contribution in [0.3, 0.4) is 0 Å². The van der Waals surface area contributed by atoms with Crippen LogP contribution in [0.15, 0.2) is 30.3 Å². The molecule has 0 heterocycles. The molecular formula is C14H22N2O2. The van der Waals surface area contributed by atoms with Gasteiger partial charge < -0.3 is 5.32 Å². The topological polar surface area (TPSA) is 41.6 Å². The van der Waals surface area contributed by atoms with E-state index in [9.17, 15) is 4.79 Å². The van der Waals surface area contributed by atoms with Crippen LogP contribution >= 0.6 is 0 Å². The van der Waals surface area contributed by atoms with E-state index >= 15 is 0 Å². The largest absolute Gasteiger partial charge is 0.355 e. The van der Waals surface area contributed by atoms with E-state index in [0.29, 0.717) is 13.2 Å². The van der Waals surface area contributed by atoms with Crippen molar-refractivity contribution in [3.8, 4) is 0 Å². The van der Waals surface area contributed by atoms with Gasteiger partial charge in [-0.1, -0.05) is 37.3 Å². The lowest BCUT2D eigenvalue weighted by molar-refractivity contribution is -0.181. The molecule has 0 aliphatic rings. The zero-order chi connectivity index (χ0) is 13.4. The maximum Gasteiger partial charge on any atom is 0.239 e. The van der Waals surface area contributed by atoms with E-state index in [1.54, 1.807) is 12.1 Å². The molecule has 4 nitrogen and oxygen atoms in total. The third-order valence-corrected chi connectivity index (χ3v) is 2.75. The summed E-state index contributed by atoms with van der Waals surface area (Å²) in [6.45, 7) is 5.04. The maximum atomic E-state index is 11.7. The van der Waals surface area contributed by atoms with Gasteiger partial charge in [0, 0.05) is 13.6 Å². The molecule has 0 radical (unpaired) electrons. The molecule has 0 bridgehead atoms. The van der Waals surface area contributed by atoms with Gasteiger partial charge in [-0.3, -0.25) is 9.63 Å². The first-order chi connectivity index (χ1) is 8.65. The van der Waals surface area contributed by atoms with Crippen LogP contribution in [0.2, 0.25) is 0 Å². The summed E-state index contributed by atoms with van der Waals surface area (Å²) < 4.78 is 0. The van der Waals surface area contributed by atoms with E-state index in [1.165, 1.54) is 0 Å². The lowest BCUT2D eigenvalue weighted by Crippen LogP contribution is -2.43. The zero-order valence-electron chi connectivity index (χ0n) is 11.3. The molecule has 1 aromatic carbocycles. The number of hydrogen-bond donors (Lipinski definition) is 1. The Balaban J connectivity index is 2.35. The van der Waals surface area contributed by atoms with Crippen LogP contribution in [0.5, 0.6) is 0 Å². The molecule has 1 atom stereocenters. The summed E-state index contributed by atoms with van der Waals surface area (Å²) in [5.74, 6) is -0.00703. The number of nitrogens with one attached hydrogen (secondary N) is 1. The highest BCUT2D eigenvalue weighted by Gasteiger charge is 2.17. The van der Waals surface area contributed by atoms with Gasteiger partial charge in [0.2, 0.25) is 5.91 Å². The number of benzene rings is 1. The van der Waals surface area contributed by atoms with Gasteiger partial charge in [0.05, 0.1) is 6.61 Å². The van der Waals surface area contributed by atoms with Gasteiger partial charge >= 0.3 is 0 Å². The van der Waals surface area contributed by atoms with Gasteiger partial charge in [0.1, 0.15) is 6.04 Å². The number of likely N-dealkylation sites (N-methyl/N-ethyl adjacent to an activating group) is 1. The number of hydroxylamine groups is 2. The Bertz CT molecular complexity index is 354. The quantitative estimate of drug-likeness (QED) is 0.752. The molecule has 100 valence electrons. The molecule has 18 heavy (non-hydrogen) atoms.